The number of rotatable bonds is 6. The molecular weight excluding hydrogens is 409 g/mol. The fourth-order valence-electron chi connectivity index (χ4n) is 2.60. The molecule has 1 heterocycles. The number of para-hydroxylation sites is 1. The molecule has 10 heteroatoms. The van der Waals surface area contributed by atoms with Crippen molar-refractivity contribution in [2.75, 3.05) is 18.9 Å². The van der Waals surface area contributed by atoms with Gasteiger partial charge in [0.25, 0.3) is 0 Å². The topological polar surface area (TPSA) is 71.3 Å². The second kappa shape index (κ2) is 8.62. The summed E-state index contributed by atoms with van der Waals surface area (Å²) in [5, 5.41) is 6.74. The quantitative estimate of drug-likeness (QED) is 0.631. The molecule has 0 unspecified atom stereocenters. The Bertz CT molecular complexity index is 990. The van der Waals surface area contributed by atoms with Crippen molar-refractivity contribution in [1.29, 1.82) is 0 Å². The monoisotopic (exact) mass is 424 g/mol. The van der Waals surface area contributed by atoms with Gasteiger partial charge in [-0.2, -0.15) is 18.2 Å². The average molecular weight is 425 g/mol. The molecule has 3 rings (SSSR count). The highest BCUT2D eigenvalue weighted by atomic mass is 35.5. The Kier molecular flexibility index (Phi) is 6.19. The number of hydrogen-bond acceptors (Lipinski definition) is 5. The summed E-state index contributed by atoms with van der Waals surface area (Å²) >= 11 is 5.84. The Hall–Kier alpha value is -2.91. The van der Waals surface area contributed by atoms with E-state index in [1.807, 2.05) is 0 Å². The van der Waals surface area contributed by atoms with Crippen LogP contribution < -0.4 is 5.32 Å². The molecule has 6 nitrogen and oxygen atoms in total. The molecule has 2 aromatic carbocycles. The zero-order chi connectivity index (χ0) is 21.0. The first-order valence-corrected chi connectivity index (χ1v) is 8.83. The van der Waals surface area contributed by atoms with Gasteiger partial charge in [-0.15, -0.1) is 0 Å². The highest BCUT2D eigenvalue weighted by molar-refractivity contribution is 6.30. The van der Waals surface area contributed by atoms with Crippen molar-refractivity contribution in [3.8, 4) is 11.4 Å². The third-order valence-corrected chi connectivity index (χ3v) is 4.15. The second-order valence-electron chi connectivity index (χ2n) is 6.28. The number of nitrogens with one attached hydrogen (secondary N) is 1. The van der Waals surface area contributed by atoms with E-state index in [0.717, 1.165) is 6.07 Å². The number of nitrogens with zero attached hydrogens (tertiary/aromatic N) is 3. The lowest BCUT2D eigenvalue weighted by molar-refractivity contribution is -0.137. The van der Waals surface area contributed by atoms with Crippen LogP contribution in [0.5, 0.6) is 0 Å². The predicted molar refractivity (Wildman–Crippen MR) is 101 cm³/mol. The van der Waals surface area contributed by atoms with Crippen molar-refractivity contribution in [2.45, 2.75) is 12.7 Å². The lowest BCUT2D eigenvalue weighted by atomic mass is 10.1. The number of anilines is 1. The van der Waals surface area contributed by atoms with Crippen LogP contribution in [0.15, 0.2) is 53.1 Å². The van der Waals surface area contributed by atoms with Gasteiger partial charge >= 0.3 is 6.18 Å². The van der Waals surface area contributed by atoms with E-state index in [0.29, 0.717) is 16.4 Å². The summed E-state index contributed by atoms with van der Waals surface area (Å²) < 4.78 is 44.2. The van der Waals surface area contributed by atoms with Gasteiger partial charge < -0.3 is 9.84 Å². The van der Waals surface area contributed by atoms with Gasteiger partial charge in [0.2, 0.25) is 17.6 Å². The normalized spacial score (nSPS) is 11.7. The summed E-state index contributed by atoms with van der Waals surface area (Å²) in [6.45, 7) is -0.0141. The van der Waals surface area contributed by atoms with Gasteiger partial charge in [-0.05, 0) is 43.4 Å². The highest BCUT2D eigenvalue weighted by Gasteiger charge is 2.33. The van der Waals surface area contributed by atoms with Gasteiger partial charge in [0.05, 0.1) is 24.3 Å². The van der Waals surface area contributed by atoms with E-state index < -0.39 is 17.6 Å². The van der Waals surface area contributed by atoms with Crippen LogP contribution in [-0.4, -0.2) is 34.5 Å². The Balaban J connectivity index is 1.59. The molecule has 29 heavy (non-hydrogen) atoms. The molecule has 0 aliphatic carbocycles. The Morgan fingerprint density at radius 2 is 1.86 bits per heavy atom. The summed E-state index contributed by atoms with van der Waals surface area (Å²) in [6, 6.07) is 11.7. The van der Waals surface area contributed by atoms with Gasteiger partial charge in [0.1, 0.15) is 0 Å². The van der Waals surface area contributed by atoms with E-state index in [9.17, 15) is 18.0 Å². The first-order valence-electron chi connectivity index (χ1n) is 8.45. The summed E-state index contributed by atoms with van der Waals surface area (Å²) in [7, 11) is 1.61. The predicted octanol–water partition coefficient (Wildman–Crippen LogP) is 4.48. The average Bonchev–Trinajstić information content (AvgIpc) is 3.10. The van der Waals surface area contributed by atoms with Crippen LogP contribution in [0.25, 0.3) is 11.4 Å². The Labute approximate surface area is 169 Å². The molecule has 0 fully saturated rings. The van der Waals surface area contributed by atoms with Gasteiger partial charge in [-0.25, -0.2) is 0 Å². The van der Waals surface area contributed by atoms with Gasteiger partial charge in [0, 0.05) is 10.6 Å². The number of carbonyl (C=O) groups excluding carboxylic acids is 1. The van der Waals surface area contributed by atoms with Crippen LogP contribution >= 0.6 is 11.6 Å². The number of amides is 1. The molecule has 1 N–H and O–H groups in total. The van der Waals surface area contributed by atoms with Crippen molar-refractivity contribution in [1.82, 2.24) is 15.0 Å². The molecule has 0 spiro atoms. The van der Waals surface area contributed by atoms with Gasteiger partial charge in [-0.3, -0.25) is 9.69 Å². The molecule has 0 radical (unpaired) electrons. The molecule has 0 aliphatic heterocycles. The Morgan fingerprint density at radius 1 is 1.17 bits per heavy atom. The van der Waals surface area contributed by atoms with Crippen LogP contribution in [0.1, 0.15) is 11.5 Å². The van der Waals surface area contributed by atoms with E-state index >= 15 is 0 Å². The Morgan fingerprint density at radius 3 is 2.55 bits per heavy atom. The van der Waals surface area contributed by atoms with Crippen LogP contribution in [0.3, 0.4) is 0 Å². The number of halogens is 4. The number of aromatic nitrogens is 2. The largest absolute Gasteiger partial charge is 0.418 e. The fourth-order valence-corrected chi connectivity index (χ4v) is 2.72. The maximum atomic E-state index is 13.0. The standard InChI is InChI=1S/C19H16ClF3N4O2/c1-27(10-16(28)24-15-5-3-2-4-14(15)19(21,22)23)11-17-25-18(26-29-17)12-6-8-13(20)9-7-12/h2-9H,10-11H2,1H3,(H,24,28). The lowest BCUT2D eigenvalue weighted by Crippen LogP contribution is -2.30. The van der Waals surface area contributed by atoms with E-state index in [4.69, 9.17) is 16.1 Å². The van der Waals surface area contributed by atoms with Gasteiger partial charge in [0.15, 0.2) is 0 Å². The van der Waals surface area contributed by atoms with E-state index in [2.05, 4.69) is 15.5 Å². The number of alkyl halides is 3. The highest BCUT2D eigenvalue weighted by Crippen LogP contribution is 2.34. The van der Waals surface area contributed by atoms with Crippen molar-refractivity contribution in [2.24, 2.45) is 0 Å². The zero-order valence-electron chi connectivity index (χ0n) is 15.2. The molecule has 1 amide bonds. The fraction of sp³-hybridized carbons (Fsp3) is 0.211. The minimum Gasteiger partial charge on any atom is -0.338 e. The zero-order valence-corrected chi connectivity index (χ0v) is 16.0. The smallest absolute Gasteiger partial charge is 0.338 e. The number of benzene rings is 2. The number of hydrogen-bond donors (Lipinski definition) is 1. The molecule has 0 saturated carbocycles. The van der Waals surface area contributed by atoms with Crippen LogP contribution in [-0.2, 0) is 17.5 Å². The van der Waals surface area contributed by atoms with Crippen molar-refractivity contribution in [3.63, 3.8) is 0 Å². The molecular formula is C19H16ClF3N4O2. The first-order chi connectivity index (χ1) is 13.7. The van der Waals surface area contributed by atoms with Crippen molar-refractivity contribution < 1.29 is 22.5 Å². The van der Waals surface area contributed by atoms with Crippen LogP contribution in [0.4, 0.5) is 18.9 Å². The van der Waals surface area contributed by atoms with Crippen LogP contribution in [0, 0.1) is 0 Å². The molecule has 152 valence electrons. The van der Waals surface area contributed by atoms with Gasteiger partial charge in [-0.1, -0.05) is 28.9 Å². The molecule has 0 saturated heterocycles. The van der Waals surface area contributed by atoms with Crippen LogP contribution in [0.2, 0.25) is 5.02 Å². The summed E-state index contributed by atoms with van der Waals surface area (Å²) in [4.78, 5) is 17.9. The van der Waals surface area contributed by atoms with E-state index in [1.165, 1.54) is 18.2 Å². The second-order valence-corrected chi connectivity index (χ2v) is 6.72. The summed E-state index contributed by atoms with van der Waals surface area (Å²) in [5.41, 5.74) is -0.477. The third-order valence-electron chi connectivity index (χ3n) is 3.90. The number of carbonyl (C=O) groups is 1. The molecule has 0 bridgehead atoms. The van der Waals surface area contributed by atoms with E-state index in [-0.39, 0.29) is 24.7 Å². The maximum Gasteiger partial charge on any atom is 0.418 e. The molecule has 0 aliphatic rings. The van der Waals surface area contributed by atoms with Crippen molar-refractivity contribution >= 4 is 23.2 Å². The third kappa shape index (κ3) is 5.55. The summed E-state index contributed by atoms with van der Waals surface area (Å²) in [5.74, 6) is 0.0382. The first kappa shape index (κ1) is 20.8. The number of likely N-dealkylation sites (N-methyl/N-ethyl adjacent to an activating group) is 1. The molecule has 3 aromatic rings. The SMILES string of the molecule is CN(CC(=O)Nc1ccccc1C(F)(F)F)Cc1nc(-c2ccc(Cl)cc2)no1. The minimum atomic E-state index is -4.56. The maximum absolute atomic E-state index is 13.0. The molecule has 0 atom stereocenters. The minimum absolute atomic E-state index is 0.148. The van der Waals surface area contributed by atoms with Crippen molar-refractivity contribution in [3.05, 3.63) is 65.0 Å². The molecule has 1 aromatic heterocycles. The van der Waals surface area contributed by atoms with E-state index in [1.54, 1.807) is 36.2 Å². The lowest BCUT2D eigenvalue weighted by Gasteiger charge is -2.16. The summed E-state index contributed by atoms with van der Waals surface area (Å²) in [6.07, 6.45) is -4.56.